The summed E-state index contributed by atoms with van der Waals surface area (Å²) in [5, 5.41) is 3.65. The second-order valence-electron chi connectivity index (χ2n) is 9.36. The van der Waals surface area contributed by atoms with Crippen LogP contribution in [0.3, 0.4) is 0 Å². The third-order valence-electron chi connectivity index (χ3n) is 6.52. The fraction of sp³-hybridized carbons (Fsp3) is 0.519. The van der Waals surface area contributed by atoms with Gasteiger partial charge in [0.25, 0.3) is 5.91 Å². The van der Waals surface area contributed by atoms with Crippen LogP contribution in [-0.4, -0.2) is 44.7 Å². The normalized spacial score (nSPS) is 16.8. The maximum Gasteiger partial charge on any atom is 0.258 e. The molecule has 33 heavy (non-hydrogen) atoms. The van der Waals surface area contributed by atoms with Crippen molar-refractivity contribution in [1.29, 1.82) is 0 Å². The first kappa shape index (κ1) is 25.0. The molecule has 1 fully saturated rings. The molecule has 1 aliphatic rings. The third kappa shape index (κ3) is 6.47. The fourth-order valence-electron chi connectivity index (χ4n) is 3.98. The first-order valence-electron chi connectivity index (χ1n) is 12.1. The van der Waals surface area contributed by atoms with Crippen molar-refractivity contribution in [3.05, 3.63) is 53.8 Å². The molecule has 1 heterocycles. The molecule has 0 aromatic heterocycles. The summed E-state index contributed by atoms with van der Waals surface area (Å²) in [6, 6.07) is 13.0. The Balaban J connectivity index is 1.62. The molecule has 5 nitrogen and oxygen atoms in total. The maximum atomic E-state index is 15.0. The van der Waals surface area contributed by atoms with Crippen molar-refractivity contribution < 1.29 is 13.9 Å². The van der Waals surface area contributed by atoms with Crippen LogP contribution in [0.5, 0.6) is 5.75 Å². The lowest BCUT2D eigenvalue weighted by molar-refractivity contribution is 0.0993. The van der Waals surface area contributed by atoms with E-state index in [4.69, 9.17) is 4.74 Å². The molecular weight excluding hydrogens is 417 g/mol. The molecule has 1 amide bonds. The largest absolute Gasteiger partial charge is 0.494 e. The molecule has 6 heteroatoms. The second-order valence-corrected chi connectivity index (χ2v) is 9.36. The van der Waals surface area contributed by atoms with Crippen LogP contribution < -0.4 is 19.9 Å². The standard InChI is InChI=1S/C27H38FN3O2/c1-6-7-16-33-24-11-8-21(9-12-24)27(32)30(5)23-10-13-26(25(28)17-23)31-15-14-22(18-31)29-20(4)19(2)3/h8-13,17,19-20,22,29H,6-7,14-16,18H2,1-5H3. The minimum Gasteiger partial charge on any atom is -0.494 e. The van der Waals surface area contributed by atoms with Gasteiger partial charge in [0.15, 0.2) is 0 Å². The van der Waals surface area contributed by atoms with E-state index in [1.165, 1.54) is 11.0 Å². The van der Waals surface area contributed by atoms with Crippen molar-refractivity contribution in [2.45, 2.75) is 59.0 Å². The molecule has 2 unspecified atom stereocenters. The van der Waals surface area contributed by atoms with Crippen LogP contribution in [-0.2, 0) is 0 Å². The van der Waals surface area contributed by atoms with Gasteiger partial charge in [-0.05, 0) is 68.1 Å². The zero-order valence-corrected chi connectivity index (χ0v) is 20.6. The number of nitrogens with one attached hydrogen (secondary N) is 1. The van der Waals surface area contributed by atoms with Crippen molar-refractivity contribution in [2.24, 2.45) is 5.92 Å². The Morgan fingerprint density at radius 3 is 2.58 bits per heavy atom. The summed E-state index contributed by atoms with van der Waals surface area (Å²) in [4.78, 5) is 16.5. The number of benzene rings is 2. The Kier molecular flexibility index (Phi) is 8.73. The zero-order chi connectivity index (χ0) is 24.0. The second kappa shape index (κ2) is 11.5. The quantitative estimate of drug-likeness (QED) is 0.481. The lowest BCUT2D eigenvalue weighted by atomic mass is 10.1. The topological polar surface area (TPSA) is 44.8 Å². The summed E-state index contributed by atoms with van der Waals surface area (Å²) >= 11 is 0. The van der Waals surface area contributed by atoms with Gasteiger partial charge < -0.3 is 19.9 Å². The van der Waals surface area contributed by atoms with Gasteiger partial charge in [0, 0.05) is 43.5 Å². The van der Waals surface area contributed by atoms with Gasteiger partial charge in [0.2, 0.25) is 0 Å². The van der Waals surface area contributed by atoms with Gasteiger partial charge in [-0.1, -0.05) is 27.2 Å². The molecule has 1 aliphatic heterocycles. The molecule has 2 atom stereocenters. The number of hydrogen-bond donors (Lipinski definition) is 1. The number of hydrogen-bond acceptors (Lipinski definition) is 4. The first-order valence-corrected chi connectivity index (χ1v) is 12.1. The molecular formula is C27H38FN3O2. The number of ether oxygens (including phenoxy) is 1. The first-order chi connectivity index (χ1) is 15.8. The van der Waals surface area contributed by atoms with E-state index in [9.17, 15) is 4.79 Å². The average Bonchev–Trinajstić information content (AvgIpc) is 3.26. The molecule has 180 valence electrons. The molecule has 3 rings (SSSR count). The lowest BCUT2D eigenvalue weighted by Crippen LogP contribution is -2.41. The molecule has 0 aliphatic carbocycles. The van der Waals surface area contributed by atoms with Crippen LogP contribution in [0.1, 0.15) is 57.3 Å². The van der Waals surface area contributed by atoms with Crippen molar-refractivity contribution in [3.63, 3.8) is 0 Å². The van der Waals surface area contributed by atoms with E-state index < -0.39 is 0 Å². The molecule has 0 spiro atoms. The Bertz CT molecular complexity index is 916. The number of halogens is 1. The number of unbranched alkanes of at least 4 members (excludes halogenated alkanes) is 1. The smallest absolute Gasteiger partial charge is 0.258 e. The van der Waals surface area contributed by atoms with Gasteiger partial charge in [-0.15, -0.1) is 0 Å². The summed E-state index contributed by atoms with van der Waals surface area (Å²) in [5.74, 6) is 0.826. The average molecular weight is 456 g/mol. The summed E-state index contributed by atoms with van der Waals surface area (Å²) in [5.41, 5.74) is 1.67. The highest BCUT2D eigenvalue weighted by Gasteiger charge is 2.26. The number of rotatable bonds is 10. The Morgan fingerprint density at radius 1 is 1.21 bits per heavy atom. The van der Waals surface area contributed by atoms with Crippen LogP contribution >= 0.6 is 0 Å². The minimum absolute atomic E-state index is 0.185. The Hall–Kier alpha value is -2.60. The highest BCUT2D eigenvalue weighted by Crippen LogP contribution is 2.28. The summed E-state index contributed by atoms with van der Waals surface area (Å²) in [6.07, 6.45) is 3.06. The zero-order valence-electron chi connectivity index (χ0n) is 20.6. The maximum absolute atomic E-state index is 15.0. The van der Waals surface area contributed by atoms with Crippen molar-refractivity contribution in [1.82, 2.24) is 5.32 Å². The molecule has 1 N–H and O–H groups in total. The fourth-order valence-corrected chi connectivity index (χ4v) is 3.98. The number of nitrogens with zero attached hydrogens (tertiary/aromatic N) is 2. The molecule has 0 radical (unpaired) electrons. The lowest BCUT2D eigenvalue weighted by Gasteiger charge is -2.24. The van der Waals surface area contributed by atoms with Crippen LogP contribution in [0.25, 0.3) is 0 Å². The molecule has 0 bridgehead atoms. The van der Waals surface area contributed by atoms with Crippen molar-refractivity contribution in [2.75, 3.05) is 36.5 Å². The summed E-state index contributed by atoms with van der Waals surface area (Å²) < 4.78 is 20.7. The third-order valence-corrected chi connectivity index (χ3v) is 6.52. The number of carbonyl (C=O) groups excluding carboxylic acids is 1. The van der Waals surface area contributed by atoms with Crippen LogP contribution in [0, 0.1) is 11.7 Å². The predicted octanol–water partition coefficient (Wildman–Crippen LogP) is 5.49. The van der Waals surface area contributed by atoms with Gasteiger partial charge in [-0.25, -0.2) is 4.39 Å². The minimum atomic E-state index is -0.301. The van der Waals surface area contributed by atoms with Crippen molar-refractivity contribution in [3.8, 4) is 5.75 Å². The Labute approximate surface area is 197 Å². The van der Waals surface area contributed by atoms with Crippen LogP contribution in [0.15, 0.2) is 42.5 Å². The van der Waals surface area contributed by atoms with E-state index in [1.54, 1.807) is 37.4 Å². The van der Waals surface area contributed by atoms with E-state index in [0.29, 0.717) is 41.5 Å². The van der Waals surface area contributed by atoms with E-state index >= 15 is 4.39 Å². The van der Waals surface area contributed by atoms with Gasteiger partial charge in [-0.3, -0.25) is 4.79 Å². The van der Waals surface area contributed by atoms with E-state index in [2.05, 4.69) is 37.9 Å². The van der Waals surface area contributed by atoms with Crippen LogP contribution in [0.2, 0.25) is 0 Å². The number of carbonyl (C=O) groups is 1. The van der Waals surface area contributed by atoms with Crippen molar-refractivity contribution >= 4 is 17.3 Å². The van der Waals surface area contributed by atoms with E-state index in [-0.39, 0.29) is 11.7 Å². The highest BCUT2D eigenvalue weighted by molar-refractivity contribution is 6.05. The molecule has 2 aromatic rings. The summed E-state index contributed by atoms with van der Waals surface area (Å²) in [7, 11) is 1.67. The van der Waals surface area contributed by atoms with E-state index in [0.717, 1.165) is 38.1 Å². The predicted molar refractivity (Wildman–Crippen MR) is 134 cm³/mol. The summed E-state index contributed by atoms with van der Waals surface area (Å²) in [6.45, 7) is 11.0. The molecule has 1 saturated heterocycles. The van der Waals surface area contributed by atoms with E-state index in [1.807, 2.05) is 6.07 Å². The molecule has 0 saturated carbocycles. The van der Waals surface area contributed by atoms with Gasteiger partial charge >= 0.3 is 0 Å². The highest BCUT2D eigenvalue weighted by atomic mass is 19.1. The van der Waals surface area contributed by atoms with Gasteiger partial charge in [-0.2, -0.15) is 0 Å². The molecule has 2 aromatic carbocycles. The van der Waals surface area contributed by atoms with Gasteiger partial charge in [0.05, 0.1) is 12.3 Å². The van der Waals surface area contributed by atoms with Gasteiger partial charge in [0.1, 0.15) is 11.6 Å². The number of anilines is 2. The van der Waals surface area contributed by atoms with Crippen LogP contribution in [0.4, 0.5) is 15.8 Å². The number of amides is 1. The Morgan fingerprint density at radius 2 is 1.94 bits per heavy atom. The monoisotopic (exact) mass is 455 g/mol. The SMILES string of the molecule is CCCCOc1ccc(C(=O)N(C)c2ccc(N3CCC(NC(C)C(C)C)C3)c(F)c2)cc1.